The average molecular weight is 930 g/mol. The molecule has 0 amide bonds. The molecule has 0 unspecified atom stereocenters. The SMILES string of the molecule is CCCCCCSC1=C(SCCCCCC)SC(=Cc2ccc(-c3ccc(-c4ccc(C=C5SC(SCCCCCC)=C(SCCCCCC)S5)cc4)s3)cc2)S1. The summed E-state index contributed by atoms with van der Waals surface area (Å²) in [5.41, 5.74) is 5.18. The summed E-state index contributed by atoms with van der Waals surface area (Å²) in [7, 11) is 0. The van der Waals surface area contributed by atoms with E-state index in [-0.39, 0.29) is 0 Å². The van der Waals surface area contributed by atoms with Crippen molar-refractivity contribution in [3.63, 3.8) is 0 Å². The summed E-state index contributed by atoms with van der Waals surface area (Å²) < 4.78 is 9.00. The molecule has 0 N–H and O–H groups in total. The number of hydrogen-bond donors (Lipinski definition) is 0. The minimum atomic E-state index is 1.24. The average Bonchev–Trinajstić information content (AvgIpc) is 3.97. The third-order valence-corrected chi connectivity index (χ3v) is 21.9. The summed E-state index contributed by atoms with van der Waals surface area (Å²) in [6, 6.07) is 23.0. The summed E-state index contributed by atoms with van der Waals surface area (Å²) in [5, 5.41) is 0. The normalized spacial score (nSPS) is 14.5. The van der Waals surface area contributed by atoms with Crippen molar-refractivity contribution in [2.75, 3.05) is 23.0 Å². The highest BCUT2D eigenvalue weighted by Gasteiger charge is 2.23. The molecule has 2 aliphatic heterocycles. The maximum absolute atomic E-state index is 2.40. The molecule has 3 aromatic rings. The number of thiophene rings is 1. The highest BCUT2D eigenvalue weighted by atomic mass is 32.3. The molecule has 310 valence electrons. The Morgan fingerprint density at radius 2 is 0.667 bits per heavy atom. The second-order valence-corrected chi connectivity index (χ2v) is 25.8. The van der Waals surface area contributed by atoms with Gasteiger partial charge in [-0.2, -0.15) is 0 Å². The second kappa shape index (κ2) is 28.5. The van der Waals surface area contributed by atoms with E-state index in [1.165, 1.54) is 183 Å². The van der Waals surface area contributed by atoms with Gasteiger partial charge in [0.15, 0.2) is 0 Å². The van der Waals surface area contributed by atoms with E-state index in [1.807, 2.05) is 58.4 Å². The quantitative estimate of drug-likeness (QED) is 0.0652. The van der Waals surface area contributed by atoms with Crippen molar-refractivity contribution in [2.24, 2.45) is 0 Å². The van der Waals surface area contributed by atoms with Gasteiger partial charge in [0.05, 0.1) is 25.4 Å². The van der Waals surface area contributed by atoms with Gasteiger partial charge in [0.25, 0.3) is 0 Å². The molecule has 2 aliphatic rings. The first-order valence-electron chi connectivity index (χ1n) is 21.5. The van der Waals surface area contributed by atoms with Crippen LogP contribution in [0, 0.1) is 0 Å². The van der Waals surface area contributed by atoms with Crippen molar-refractivity contribution in [2.45, 2.75) is 130 Å². The van der Waals surface area contributed by atoms with Crippen LogP contribution in [0.1, 0.15) is 142 Å². The minimum absolute atomic E-state index is 1.24. The molecule has 57 heavy (non-hydrogen) atoms. The molecule has 0 fully saturated rings. The van der Waals surface area contributed by atoms with Gasteiger partial charge in [-0.3, -0.25) is 0 Å². The standard InChI is InChI=1S/C48H64S9/c1-5-9-13-17-31-49-45-46(50-32-18-14-10-6-2)55-43(54-45)35-37-21-25-39(26-22-37)41-29-30-42(53-41)40-27-23-38(24-28-40)36-44-56-47(51-33-19-15-11-7-3)48(57-44)52-34-20-16-12-8-4/h21-30,35-36H,5-20,31-34H2,1-4H3. The summed E-state index contributed by atoms with van der Waals surface area (Å²) in [6.45, 7) is 9.20. The topological polar surface area (TPSA) is 0 Å². The molecule has 3 heterocycles. The van der Waals surface area contributed by atoms with Crippen molar-refractivity contribution < 1.29 is 0 Å². The monoisotopic (exact) mass is 928 g/mol. The molecule has 0 saturated heterocycles. The number of benzene rings is 2. The van der Waals surface area contributed by atoms with Gasteiger partial charge in [-0.05, 0) is 95.2 Å². The number of rotatable bonds is 28. The van der Waals surface area contributed by atoms with Gasteiger partial charge in [-0.15, -0.1) is 58.4 Å². The fourth-order valence-corrected chi connectivity index (χ4v) is 19.1. The van der Waals surface area contributed by atoms with Crippen LogP contribution in [0.15, 0.2) is 86.1 Å². The van der Waals surface area contributed by atoms with Crippen LogP contribution in [-0.4, -0.2) is 23.0 Å². The van der Waals surface area contributed by atoms with E-state index in [4.69, 9.17) is 0 Å². The smallest absolute Gasteiger partial charge is 0.0659 e. The predicted octanol–water partition coefficient (Wildman–Crippen LogP) is 20.1. The van der Waals surface area contributed by atoms with Crippen LogP contribution in [0.2, 0.25) is 0 Å². The van der Waals surface area contributed by atoms with Gasteiger partial charge in [0.1, 0.15) is 0 Å². The molecule has 0 bridgehead atoms. The van der Waals surface area contributed by atoms with Gasteiger partial charge in [-0.1, -0.05) is 200 Å². The van der Waals surface area contributed by atoms with Crippen LogP contribution < -0.4 is 0 Å². The molecule has 0 atom stereocenters. The molecule has 0 radical (unpaired) electrons. The predicted molar refractivity (Wildman–Crippen MR) is 282 cm³/mol. The summed E-state index contributed by atoms with van der Waals surface area (Å²) >= 11 is 18.3. The second-order valence-electron chi connectivity index (χ2n) is 14.5. The number of hydrogen-bond acceptors (Lipinski definition) is 9. The Labute approximate surface area is 385 Å². The maximum Gasteiger partial charge on any atom is 0.0659 e. The zero-order valence-electron chi connectivity index (χ0n) is 34.7. The summed E-state index contributed by atoms with van der Waals surface area (Å²) in [6.07, 6.45) is 26.2. The highest BCUT2D eigenvalue weighted by molar-refractivity contribution is 8.41. The van der Waals surface area contributed by atoms with Gasteiger partial charge in [0.2, 0.25) is 0 Å². The van der Waals surface area contributed by atoms with E-state index in [9.17, 15) is 0 Å². The molecule has 9 heteroatoms. The largest absolute Gasteiger partial charge is 0.135 e. The van der Waals surface area contributed by atoms with Gasteiger partial charge in [-0.25, -0.2) is 0 Å². The Kier molecular flexibility index (Phi) is 24.0. The summed E-state index contributed by atoms with van der Waals surface area (Å²) in [5.74, 6) is 4.96. The van der Waals surface area contributed by atoms with Crippen LogP contribution in [-0.2, 0) is 0 Å². The summed E-state index contributed by atoms with van der Waals surface area (Å²) in [4.78, 5) is 2.66. The third kappa shape index (κ3) is 17.3. The van der Waals surface area contributed by atoms with Crippen molar-refractivity contribution >= 4 is 118 Å². The molecule has 0 spiro atoms. The van der Waals surface area contributed by atoms with E-state index >= 15 is 0 Å². The fraction of sp³-hybridized carbons (Fsp3) is 0.500. The first kappa shape index (κ1) is 47.9. The maximum atomic E-state index is 2.40. The molecule has 0 aliphatic carbocycles. The Morgan fingerprint density at radius 3 is 0.947 bits per heavy atom. The fourth-order valence-electron chi connectivity index (χ4n) is 6.23. The first-order chi connectivity index (χ1) is 28.1. The number of thioether (sulfide) groups is 8. The molecule has 0 nitrogen and oxygen atoms in total. The van der Waals surface area contributed by atoms with E-state index < -0.39 is 0 Å². The number of unbranched alkanes of at least 4 members (excludes halogenated alkanes) is 12. The lowest BCUT2D eigenvalue weighted by Crippen LogP contribution is -1.83. The van der Waals surface area contributed by atoms with Crippen LogP contribution in [0.3, 0.4) is 0 Å². The van der Waals surface area contributed by atoms with E-state index in [1.54, 1.807) is 0 Å². The minimum Gasteiger partial charge on any atom is -0.135 e. The van der Waals surface area contributed by atoms with Crippen LogP contribution in [0.4, 0.5) is 0 Å². The van der Waals surface area contributed by atoms with Gasteiger partial charge in [0, 0.05) is 9.75 Å². The Morgan fingerprint density at radius 1 is 0.368 bits per heavy atom. The molecule has 1 aromatic heterocycles. The molecule has 5 rings (SSSR count). The zero-order chi connectivity index (χ0) is 39.9. The van der Waals surface area contributed by atoms with E-state index in [0.29, 0.717) is 0 Å². The lowest BCUT2D eigenvalue weighted by molar-refractivity contribution is 0.707. The molecule has 2 aromatic carbocycles. The van der Waals surface area contributed by atoms with Gasteiger partial charge < -0.3 is 0 Å². The third-order valence-electron chi connectivity index (χ3n) is 9.60. The molecule has 0 saturated carbocycles. The van der Waals surface area contributed by atoms with Gasteiger partial charge >= 0.3 is 0 Å². The van der Waals surface area contributed by atoms with Crippen LogP contribution in [0.25, 0.3) is 33.0 Å². The molecular weight excluding hydrogens is 865 g/mol. The lowest BCUT2D eigenvalue weighted by Gasteiger charge is -2.05. The van der Waals surface area contributed by atoms with E-state index in [2.05, 4.69) is 148 Å². The van der Waals surface area contributed by atoms with Crippen molar-refractivity contribution in [3.8, 4) is 20.9 Å². The van der Waals surface area contributed by atoms with Crippen molar-refractivity contribution in [1.82, 2.24) is 0 Å². The van der Waals surface area contributed by atoms with E-state index in [0.717, 1.165) is 0 Å². The lowest BCUT2D eigenvalue weighted by atomic mass is 10.1. The Bertz CT molecular complexity index is 1550. The van der Waals surface area contributed by atoms with Crippen molar-refractivity contribution in [1.29, 1.82) is 0 Å². The van der Waals surface area contributed by atoms with Crippen LogP contribution >= 0.6 is 105 Å². The van der Waals surface area contributed by atoms with Crippen molar-refractivity contribution in [3.05, 3.63) is 97.2 Å². The first-order valence-corrected chi connectivity index (χ1v) is 29.6. The molecular formula is C48H64S9. The van der Waals surface area contributed by atoms with Crippen LogP contribution in [0.5, 0.6) is 0 Å². The highest BCUT2D eigenvalue weighted by Crippen LogP contribution is 2.59. The zero-order valence-corrected chi connectivity index (χ0v) is 42.1. The Balaban J connectivity index is 1.16. The Hall–Kier alpha value is -0.100.